The van der Waals surface area contributed by atoms with Crippen LogP contribution in [0, 0.1) is 11.8 Å². The molecule has 126 valence electrons. The third-order valence-corrected chi connectivity index (χ3v) is 5.57. The smallest absolute Gasteiger partial charge is 0.423 e. The van der Waals surface area contributed by atoms with Crippen LogP contribution in [0.25, 0.3) is 11.1 Å². The highest BCUT2D eigenvalue weighted by Crippen LogP contribution is 2.51. The van der Waals surface area contributed by atoms with Gasteiger partial charge in [-0.05, 0) is 46.0 Å². The van der Waals surface area contributed by atoms with Crippen LogP contribution in [0.2, 0.25) is 0 Å². The van der Waals surface area contributed by atoms with E-state index in [9.17, 15) is 10.0 Å². The van der Waals surface area contributed by atoms with Gasteiger partial charge in [-0.15, -0.1) is 0 Å². The maximum atomic E-state index is 9.66. The second-order valence-electron chi connectivity index (χ2n) is 7.50. The van der Waals surface area contributed by atoms with Crippen molar-refractivity contribution in [1.29, 1.82) is 0 Å². The molecule has 2 nitrogen and oxygen atoms in total. The first kappa shape index (κ1) is 16.4. The lowest BCUT2D eigenvalue weighted by molar-refractivity contribution is 0.425. The molecule has 2 N–H and O–H groups in total. The maximum absolute atomic E-state index is 9.66. The van der Waals surface area contributed by atoms with Gasteiger partial charge in [-0.3, -0.25) is 0 Å². The van der Waals surface area contributed by atoms with Crippen molar-refractivity contribution in [2.45, 2.75) is 25.7 Å². The topological polar surface area (TPSA) is 40.5 Å². The minimum Gasteiger partial charge on any atom is -0.423 e. The number of fused-ring (bicyclic) bond motifs is 5. The van der Waals surface area contributed by atoms with Crippen LogP contribution < -0.4 is 5.46 Å². The normalized spacial score (nSPS) is 26.9. The number of benzene rings is 2. The highest BCUT2D eigenvalue weighted by atomic mass is 16.4. The Hall–Kier alpha value is -2.10. The fourth-order valence-electron chi connectivity index (χ4n) is 4.31. The van der Waals surface area contributed by atoms with Crippen LogP contribution in [-0.2, 0) is 5.41 Å². The summed E-state index contributed by atoms with van der Waals surface area (Å²) in [6, 6.07) is 14.3. The summed E-state index contributed by atoms with van der Waals surface area (Å²) < 4.78 is 0. The molecule has 2 atom stereocenters. The average molecular weight is 330 g/mol. The van der Waals surface area contributed by atoms with Crippen molar-refractivity contribution in [1.82, 2.24) is 0 Å². The molecule has 0 fully saturated rings. The van der Waals surface area contributed by atoms with E-state index in [1.54, 1.807) is 6.07 Å². The van der Waals surface area contributed by atoms with Crippen LogP contribution >= 0.6 is 0 Å². The van der Waals surface area contributed by atoms with Gasteiger partial charge in [-0.25, -0.2) is 0 Å². The van der Waals surface area contributed by atoms with Crippen molar-refractivity contribution in [3.05, 3.63) is 77.9 Å². The largest absolute Gasteiger partial charge is 0.488 e. The maximum Gasteiger partial charge on any atom is 0.488 e. The molecule has 2 aromatic rings. The summed E-state index contributed by atoms with van der Waals surface area (Å²) in [6.07, 6.45) is 10.4. The lowest BCUT2D eigenvalue weighted by atomic mass is 9.72. The van der Waals surface area contributed by atoms with E-state index >= 15 is 0 Å². The van der Waals surface area contributed by atoms with Gasteiger partial charge in [0.15, 0.2) is 0 Å². The van der Waals surface area contributed by atoms with E-state index in [0.717, 1.165) is 12.0 Å². The van der Waals surface area contributed by atoms with Gasteiger partial charge in [0.2, 0.25) is 0 Å². The highest BCUT2D eigenvalue weighted by molar-refractivity contribution is 6.58. The zero-order valence-corrected chi connectivity index (χ0v) is 14.7. The molecule has 0 radical (unpaired) electrons. The minimum atomic E-state index is -1.45. The summed E-state index contributed by atoms with van der Waals surface area (Å²) >= 11 is 0. The molecule has 2 aliphatic rings. The third kappa shape index (κ3) is 2.59. The quantitative estimate of drug-likeness (QED) is 0.621. The summed E-state index contributed by atoms with van der Waals surface area (Å²) in [7, 11) is -1.45. The molecular formula is C22H23BO2. The van der Waals surface area contributed by atoms with E-state index in [1.165, 1.54) is 16.7 Å². The first-order valence-electron chi connectivity index (χ1n) is 9.00. The fourth-order valence-corrected chi connectivity index (χ4v) is 4.31. The minimum absolute atomic E-state index is 0.334. The first-order valence-corrected chi connectivity index (χ1v) is 9.00. The van der Waals surface area contributed by atoms with Crippen molar-refractivity contribution in [3.63, 3.8) is 0 Å². The molecule has 4 rings (SSSR count). The van der Waals surface area contributed by atoms with Crippen LogP contribution in [-0.4, -0.2) is 17.2 Å². The van der Waals surface area contributed by atoms with Gasteiger partial charge in [-0.1, -0.05) is 80.6 Å². The van der Waals surface area contributed by atoms with E-state index in [-0.39, 0.29) is 5.41 Å². The lowest BCUT2D eigenvalue weighted by Gasteiger charge is -2.29. The molecule has 0 aliphatic heterocycles. The Morgan fingerprint density at radius 1 is 0.880 bits per heavy atom. The van der Waals surface area contributed by atoms with E-state index in [0.29, 0.717) is 17.3 Å². The summed E-state index contributed by atoms with van der Waals surface area (Å²) in [6.45, 7) is 4.52. The van der Waals surface area contributed by atoms with Crippen molar-refractivity contribution in [2.24, 2.45) is 11.8 Å². The predicted molar refractivity (Wildman–Crippen MR) is 104 cm³/mol. The molecule has 0 saturated carbocycles. The van der Waals surface area contributed by atoms with Gasteiger partial charge in [0.1, 0.15) is 0 Å². The average Bonchev–Trinajstić information content (AvgIpc) is 2.87. The Morgan fingerprint density at radius 2 is 1.52 bits per heavy atom. The zero-order valence-electron chi connectivity index (χ0n) is 14.7. The molecule has 2 aromatic carbocycles. The second-order valence-corrected chi connectivity index (χ2v) is 7.50. The number of hydrogen-bond acceptors (Lipinski definition) is 2. The van der Waals surface area contributed by atoms with E-state index in [4.69, 9.17) is 0 Å². The van der Waals surface area contributed by atoms with Crippen molar-refractivity contribution in [2.75, 3.05) is 0 Å². The molecule has 25 heavy (non-hydrogen) atoms. The molecular weight excluding hydrogens is 307 g/mol. The van der Waals surface area contributed by atoms with Gasteiger partial charge in [0, 0.05) is 0 Å². The Morgan fingerprint density at radius 3 is 2.20 bits per heavy atom. The van der Waals surface area contributed by atoms with Crippen LogP contribution in [0.4, 0.5) is 0 Å². The Balaban J connectivity index is 2.01. The summed E-state index contributed by atoms with van der Waals surface area (Å²) in [5, 5.41) is 19.3. The van der Waals surface area contributed by atoms with Crippen LogP contribution in [0.5, 0.6) is 0 Å². The molecule has 2 aliphatic carbocycles. The zero-order chi connectivity index (χ0) is 17.6. The van der Waals surface area contributed by atoms with Crippen LogP contribution in [0.1, 0.15) is 31.4 Å². The molecule has 0 aromatic heterocycles. The van der Waals surface area contributed by atoms with Gasteiger partial charge < -0.3 is 10.0 Å². The van der Waals surface area contributed by atoms with Crippen LogP contribution in [0.15, 0.2) is 66.8 Å². The van der Waals surface area contributed by atoms with Crippen LogP contribution in [0.3, 0.4) is 0 Å². The van der Waals surface area contributed by atoms with Gasteiger partial charge in [0.25, 0.3) is 0 Å². The molecule has 0 heterocycles. The summed E-state index contributed by atoms with van der Waals surface area (Å²) in [5.41, 5.74) is 5.01. The summed E-state index contributed by atoms with van der Waals surface area (Å²) in [5.74, 6) is 1.03. The number of rotatable bonds is 1. The van der Waals surface area contributed by atoms with Gasteiger partial charge >= 0.3 is 7.12 Å². The second kappa shape index (κ2) is 6.01. The molecule has 0 bridgehead atoms. The van der Waals surface area contributed by atoms with Crippen molar-refractivity contribution < 1.29 is 10.0 Å². The first-order chi connectivity index (χ1) is 12.0. The third-order valence-electron chi connectivity index (χ3n) is 5.57. The van der Waals surface area contributed by atoms with Gasteiger partial charge in [0.05, 0.1) is 5.41 Å². The van der Waals surface area contributed by atoms with Gasteiger partial charge in [-0.2, -0.15) is 0 Å². The van der Waals surface area contributed by atoms with Crippen molar-refractivity contribution in [3.8, 4) is 11.1 Å². The Kier molecular flexibility index (Phi) is 3.94. The summed E-state index contributed by atoms with van der Waals surface area (Å²) in [4.78, 5) is 0. The SMILES string of the molecule is CC1C=CC2(C=CC(C)C1)c1ccccc1-c1ccc(B(O)O)cc12. The molecule has 0 amide bonds. The van der Waals surface area contributed by atoms with E-state index in [2.05, 4.69) is 62.4 Å². The molecule has 3 heteroatoms. The fraction of sp³-hybridized carbons (Fsp3) is 0.273. The molecule has 1 spiro atoms. The predicted octanol–water partition coefficient (Wildman–Crippen LogP) is 3.42. The molecule has 2 unspecified atom stereocenters. The number of allylic oxidation sites excluding steroid dienone is 4. The highest BCUT2D eigenvalue weighted by Gasteiger charge is 2.40. The molecule has 0 saturated heterocycles. The Labute approximate surface area is 149 Å². The Bertz CT molecular complexity index is 848. The van der Waals surface area contributed by atoms with E-state index in [1.807, 2.05) is 12.1 Å². The number of hydrogen-bond donors (Lipinski definition) is 2. The standard InChI is InChI=1S/C22H23BO2/c1-15-9-11-22(12-10-16(2)13-15)20-6-4-3-5-18(20)19-8-7-17(23(24)25)14-21(19)22/h3-12,14-16,24-25H,13H2,1-2H3. The monoisotopic (exact) mass is 330 g/mol. The lowest BCUT2D eigenvalue weighted by Crippen LogP contribution is -2.31. The van der Waals surface area contributed by atoms with Crippen molar-refractivity contribution >= 4 is 12.6 Å². The van der Waals surface area contributed by atoms with E-state index < -0.39 is 7.12 Å².